The van der Waals surface area contributed by atoms with Crippen LogP contribution in [0.3, 0.4) is 0 Å². The van der Waals surface area contributed by atoms with Crippen molar-refractivity contribution in [2.24, 2.45) is 0 Å². The SMILES string of the molecule is CCCn1nc(NC(=O)c2ccccc2)c2cc(F)c(-c3cnn4ccccc34)nc21. The molecular weight excluding hydrogens is 395 g/mol. The molecule has 5 aromatic rings. The highest BCUT2D eigenvalue weighted by Crippen LogP contribution is 2.31. The van der Waals surface area contributed by atoms with Gasteiger partial charge in [0.1, 0.15) is 5.69 Å². The molecule has 5 rings (SSSR count). The number of pyridine rings is 2. The fraction of sp³-hybridized carbons (Fsp3) is 0.130. The van der Waals surface area contributed by atoms with E-state index in [-0.39, 0.29) is 17.4 Å². The zero-order valence-corrected chi connectivity index (χ0v) is 16.8. The van der Waals surface area contributed by atoms with Gasteiger partial charge in [-0.15, -0.1) is 0 Å². The van der Waals surface area contributed by atoms with E-state index in [1.165, 1.54) is 6.07 Å². The molecule has 0 aliphatic carbocycles. The Balaban J connectivity index is 1.63. The third-order valence-corrected chi connectivity index (χ3v) is 5.06. The van der Waals surface area contributed by atoms with E-state index >= 15 is 4.39 Å². The number of hydrogen-bond acceptors (Lipinski definition) is 4. The van der Waals surface area contributed by atoms with Gasteiger partial charge in [0.05, 0.1) is 17.1 Å². The van der Waals surface area contributed by atoms with Crippen molar-refractivity contribution in [2.75, 3.05) is 5.32 Å². The smallest absolute Gasteiger partial charge is 0.256 e. The first-order valence-corrected chi connectivity index (χ1v) is 10.0. The lowest BCUT2D eigenvalue weighted by Gasteiger charge is -2.04. The monoisotopic (exact) mass is 414 g/mol. The van der Waals surface area contributed by atoms with Gasteiger partial charge < -0.3 is 5.32 Å². The summed E-state index contributed by atoms with van der Waals surface area (Å²) in [5.41, 5.74) is 2.56. The molecule has 1 N–H and O–H groups in total. The Bertz CT molecular complexity index is 1410. The second kappa shape index (κ2) is 7.64. The molecule has 0 unspecified atom stereocenters. The highest BCUT2D eigenvalue weighted by Gasteiger charge is 2.20. The Morgan fingerprint density at radius 2 is 1.94 bits per heavy atom. The Kier molecular flexibility index (Phi) is 4.66. The predicted octanol–water partition coefficient (Wildman–Crippen LogP) is 4.55. The number of carbonyl (C=O) groups excluding carboxylic acids is 1. The van der Waals surface area contributed by atoms with E-state index in [0.717, 1.165) is 11.9 Å². The van der Waals surface area contributed by atoms with Crippen LogP contribution in [0.25, 0.3) is 27.8 Å². The molecule has 0 radical (unpaired) electrons. The van der Waals surface area contributed by atoms with Crippen molar-refractivity contribution in [3.05, 3.63) is 78.4 Å². The predicted molar refractivity (Wildman–Crippen MR) is 116 cm³/mol. The number of fused-ring (bicyclic) bond motifs is 2. The van der Waals surface area contributed by atoms with E-state index in [1.54, 1.807) is 45.9 Å². The average Bonchev–Trinajstić information content (AvgIpc) is 3.36. The van der Waals surface area contributed by atoms with Gasteiger partial charge in [0, 0.05) is 23.9 Å². The van der Waals surface area contributed by atoms with Gasteiger partial charge >= 0.3 is 0 Å². The van der Waals surface area contributed by atoms with Gasteiger partial charge in [-0.1, -0.05) is 31.2 Å². The first kappa shape index (κ1) is 18.9. The maximum Gasteiger partial charge on any atom is 0.256 e. The van der Waals surface area contributed by atoms with Crippen LogP contribution in [0.2, 0.25) is 0 Å². The van der Waals surface area contributed by atoms with Crippen LogP contribution in [0.5, 0.6) is 0 Å². The number of benzene rings is 1. The van der Waals surface area contributed by atoms with Crippen molar-refractivity contribution in [1.82, 2.24) is 24.4 Å². The van der Waals surface area contributed by atoms with Gasteiger partial charge in [-0.2, -0.15) is 10.2 Å². The third-order valence-electron chi connectivity index (χ3n) is 5.06. The summed E-state index contributed by atoms with van der Waals surface area (Å²) in [7, 11) is 0. The number of halogens is 1. The summed E-state index contributed by atoms with van der Waals surface area (Å²) < 4.78 is 18.6. The van der Waals surface area contributed by atoms with Crippen LogP contribution in [0.1, 0.15) is 23.7 Å². The van der Waals surface area contributed by atoms with Crippen molar-refractivity contribution < 1.29 is 9.18 Å². The van der Waals surface area contributed by atoms with E-state index < -0.39 is 5.82 Å². The fourth-order valence-corrected chi connectivity index (χ4v) is 3.61. The second-order valence-electron chi connectivity index (χ2n) is 7.17. The number of anilines is 1. The van der Waals surface area contributed by atoms with Gasteiger partial charge in [-0.05, 0) is 36.8 Å². The van der Waals surface area contributed by atoms with Crippen LogP contribution in [0.15, 0.2) is 67.0 Å². The molecule has 0 spiro atoms. The molecule has 0 bridgehead atoms. The van der Waals surface area contributed by atoms with Crippen molar-refractivity contribution in [3.63, 3.8) is 0 Å². The Morgan fingerprint density at radius 1 is 1.13 bits per heavy atom. The highest BCUT2D eigenvalue weighted by atomic mass is 19.1. The van der Waals surface area contributed by atoms with Crippen LogP contribution >= 0.6 is 0 Å². The Morgan fingerprint density at radius 3 is 2.74 bits per heavy atom. The summed E-state index contributed by atoms with van der Waals surface area (Å²) in [6, 6.07) is 15.8. The lowest BCUT2D eigenvalue weighted by molar-refractivity contribution is 0.102. The number of aromatic nitrogens is 5. The zero-order chi connectivity index (χ0) is 21.4. The van der Waals surface area contributed by atoms with Gasteiger partial charge in [-0.25, -0.2) is 18.6 Å². The summed E-state index contributed by atoms with van der Waals surface area (Å²) in [5.74, 6) is -0.525. The number of rotatable bonds is 5. The number of aryl methyl sites for hydroxylation is 1. The number of nitrogens with zero attached hydrogens (tertiary/aromatic N) is 5. The minimum Gasteiger partial charge on any atom is -0.304 e. The normalized spacial score (nSPS) is 11.3. The fourth-order valence-electron chi connectivity index (χ4n) is 3.61. The van der Waals surface area contributed by atoms with E-state index in [0.29, 0.717) is 28.7 Å². The molecule has 0 aliphatic heterocycles. The minimum absolute atomic E-state index is 0.201. The molecule has 8 heteroatoms. The lowest BCUT2D eigenvalue weighted by Crippen LogP contribution is -2.12. The Hall–Kier alpha value is -4.07. The van der Waals surface area contributed by atoms with Gasteiger partial charge in [0.25, 0.3) is 5.91 Å². The van der Waals surface area contributed by atoms with Crippen molar-refractivity contribution in [2.45, 2.75) is 19.9 Å². The van der Waals surface area contributed by atoms with E-state index in [4.69, 9.17) is 0 Å². The molecule has 154 valence electrons. The van der Waals surface area contributed by atoms with E-state index in [2.05, 4.69) is 20.5 Å². The van der Waals surface area contributed by atoms with Crippen LogP contribution in [-0.4, -0.2) is 30.3 Å². The summed E-state index contributed by atoms with van der Waals surface area (Å²) in [6.07, 6.45) is 4.22. The van der Waals surface area contributed by atoms with E-state index in [1.807, 2.05) is 31.2 Å². The molecule has 7 nitrogen and oxygen atoms in total. The van der Waals surface area contributed by atoms with Crippen LogP contribution < -0.4 is 5.32 Å². The molecule has 31 heavy (non-hydrogen) atoms. The lowest BCUT2D eigenvalue weighted by atomic mass is 10.1. The molecule has 0 fully saturated rings. The van der Waals surface area contributed by atoms with Crippen LogP contribution in [0, 0.1) is 5.82 Å². The van der Waals surface area contributed by atoms with Crippen molar-refractivity contribution in [1.29, 1.82) is 0 Å². The molecule has 0 saturated heterocycles. The van der Waals surface area contributed by atoms with Crippen molar-refractivity contribution in [3.8, 4) is 11.3 Å². The molecule has 4 heterocycles. The number of hydrogen-bond donors (Lipinski definition) is 1. The summed E-state index contributed by atoms with van der Waals surface area (Å²) >= 11 is 0. The molecule has 0 aliphatic rings. The van der Waals surface area contributed by atoms with E-state index in [9.17, 15) is 4.79 Å². The first-order valence-electron chi connectivity index (χ1n) is 10.0. The topological polar surface area (TPSA) is 77.1 Å². The van der Waals surface area contributed by atoms with Crippen molar-refractivity contribution >= 4 is 28.3 Å². The average molecular weight is 414 g/mol. The third kappa shape index (κ3) is 3.31. The molecule has 0 saturated carbocycles. The quantitative estimate of drug-likeness (QED) is 0.458. The van der Waals surface area contributed by atoms with Gasteiger partial charge in [0.2, 0.25) is 0 Å². The largest absolute Gasteiger partial charge is 0.304 e. The molecule has 0 atom stereocenters. The highest BCUT2D eigenvalue weighted by molar-refractivity contribution is 6.07. The first-order chi connectivity index (χ1) is 15.2. The summed E-state index contributed by atoms with van der Waals surface area (Å²) in [5, 5.41) is 12.0. The second-order valence-corrected chi connectivity index (χ2v) is 7.17. The van der Waals surface area contributed by atoms with Gasteiger partial charge in [0.15, 0.2) is 17.3 Å². The Labute approximate surface area is 177 Å². The molecule has 1 aromatic carbocycles. The minimum atomic E-state index is -0.502. The van der Waals surface area contributed by atoms with Crippen LogP contribution in [-0.2, 0) is 6.54 Å². The number of nitrogens with one attached hydrogen (secondary N) is 1. The van der Waals surface area contributed by atoms with Crippen LogP contribution in [0.4, 0.5) is 10.2 Å². The molecule has 4 aromatic heterocycles. The number of amides is 1. The zero-order valence-electron chi connectivity index (χ0n) is 16.8. The summed E-state index contributed by atoms with van der Waals surface area (Å²) in [4.78, 5) is 17.2. The summed E-state index contributed by atoms with van der Waals surface area (Å²) in [6.45, 7) is 2.61. The standard InChI is InChI=1S/C23H19FN6O/c1-2-11-30-22-16(21(28-30)27-23(31)15-8-4-3-5-9-15)13-18(24)20(26-22)17-14-25-29-12-7-6-10-19(17)29/h3-10,12-14H,2,11H2,1H3,(H,27,28,31). The maximum atomic E-state index is 15.2. The molecule has 1 amide bonds. The van der Waals surface area contributed by atoms with Gasteiger partial charge in [-0.3, -0.25) is 4.79 Å². The number of carbonyl (C=O) groups is 1. The maximum absolute atomic E-state index is 15.2. The molecular formula is C23H19FN6O.